The van der Waals surface area contributed by atoms with Gasteiger partial charge in [0.2, 0.25) is 5.91 Å². The molecule has 1 saturated heterocycles. The number of rotatable bonds is 5. The third kappa shape index (κ3) is 4.80. The molecule has 0 aromatic heterocycles. The number of amides is 1. The van der Waals surface area contributed by atoms with Crippen LogP contribution in [0.3, 0.4) is 0 Å². The van der Waals surface area contributed by atoms with Gasteiger partial charge in [-0.15, -0.1) is 0 Å². The monoisotopic (exact) mass is 294 g/mol. The molecule has 1 N–H and O–H groups in total. The average molecular weight is 294 g/mol. The van der Waals surface area contributed by atoms with Crippen molar-refractivity contribution >= 4 is 11.7 Å². The highest BCUT2D eigenvalue weighted by Gasteiger charge is 2.35. The number of ketones is 1. The first-order valence-electron chi connectivity index (χ1n) is 8.61. The fraction of sp³-hybridized carbons (Fsp3) is 0.882. The molecule has 1 amide bonds. The molecule has 2 unspecified atom stereocenters. The van der Waals surface area contributed by atoms with Crippen LogP contribution in [0.15, 0.2) is 0 Å². The third-order valence-electron chi connectivity index (χ3n) is 4.78. The van der Waals surface area contributed by atoms with Crippen molar-refractivity contribution in [2.75, 3.05) is 19.6 Å². The number of piperidine rings is 1. The number of Topliss-reactive ketones (excluding diaryl/α,β-unsaturated/α-hetero) is 1. The maximum absolute atomic E-state index is 12.2. The topological polar surface area (TPSA) is 49.4 Å². The number of nitrogens with zero attached hydrogens (tertiary/aromatic N) is 1. The van der Waals surface area contributed by atoms with E-state index in [0.29, 0.717) is 24.3 Å². The quantitative estimate of drug-likeness (QED) is 0.847. The van der Waals surface area contributed by atoms with Gasteiger partial charge < -0.3 is 5.32 Å². The van der Waals surface area contributed by atoms with E-state index < -0.39 is 0 Å². The Morgan fingerprint density at radius 1 is 1.24 bits per heavy atom. The Labute approximate surface area is 128 Å². The Kier molecular flexibility index (Phi) is 6.22. The predicted octanol–water partition coefficient (Wildman–Crippen LogP) is 2.37. The van der Waals surface area contributed by atoms with Gasteiger partial charge in [-0.05, 0) is 38.1 Å². The molecular weight excluding hydrogens is 264 g/mol. The first kappa shape index (κ1) is 16.5. The summed E-state index contributed by atoms with van der Waals surface area (Å²) >= 11 is 0. The molecule has 2 aliphatic rings. The molecule has 1 heterocycles. The van der Waals surface area contributed by atoms with E-state index in [4.69, 9.17) is 0 Å². The van der Waals surface area contributed by atoms with Gasteiger partial charge in [0.25, 0.3) is 0 Å². The highest BCUT2D eigenvalue weighted by atomic mass is 16.2. The number of carbonyl (C=O) groups is 2. The predicted molar refractivity (Wildman–Crippen MR) is 84.0 cm³/mol. The lowest BCUT2D eigenvalue weighted by Gasteiger charge is -2.40. The molecule has 1 saturated carbocycles. The van der Waals surface area contributed by atoms with Gasteiger partial charge in [-0.1, -0.05) is 26.7 Å². The maximum atomic E-state index is 12.2. The lowest BCUT2D eigenvalue weighted by molar-refractivity contribution is -0.130. The van der Waals surface area contributed by atoms with Gasteiger partial charge in [0, 0.05) is 24.9 Å². The van der Waals surface area contributed by atoms with E-state index in [1.807, 2.05) is 0 Å². The van der Waals surface area contributed by atoms with Gasteiger partial charge >= 0.3 is 0 Å². The summed E-state index contributed by atoms with van der Waals surface area (Å²) in [7, 11) is 0. The number of likely N-dealkylation sites (tertiary alicyclic amines) is 1. The van der Waals surface area contributed by atoms with Crippen LogP contribution in [0.5, 0.6) is 0 Å². The summed E-state index contributed by atoms with van der Waals surface area (Å²) in [5, 5.41) is 3.00. The second-order valence-electron chi connectivity index (χ2n) is 7.05. The lowest BCUT2D eigenvalue weighted by atomic mass is 9.79. The van der Waals surface area contributed by atoms with Crippen molar-refractivity contribution in [1.29, 1.82) is 0 Å². The molecule has 4 heteroatoms. The number of carbonyl (C=O) groups excluding carboxylic acids is 2. The Hall–Kier alpha value is -0.900. The minimum Gasteiger partial charge on any atom is -0.355 e. The first-order chi connectivity index (χ1) is 10.1. The summed E-state index contributed by atoms with van der Waals surface area (Å²) in [6, 6.07) is 0.302. The van der Waals surface area contributed by atoms with Crippen LogP contribution in [-0.4, -0.2) is 42.3 Å². The standard InChI is InChI=1S/C17H30N2O2/c1-13(2)11-18-17(21)12-19-10-6-5-8-15(19)14-7-3-4-9-16(14)20/h13-15H,3-12H2,1-2H3,(H,18,21). The Balaban J connectivity index is 1.92. The van der Waals surface area contributed by atoms with E-state index in [-0.39, 0.29) is 11.8 Å². The van der Waals surface area contributed by atoms with Crippen molar-refractivity contribution in [2.45, 2.75) is 64.8 Å². The molecule has 1 aliphatic heterocycles. The molecular formula is C17H30N2O2. The second kappa shape index (κ2) is 7.92. The zero-order valence-electron chi connectivity index (χ0n) is 13.6. The molecule has 0 spiro atoms. The van der Waals surface area contributed by atoms with Gasteiger partial charge in [-0.25, -0.2) is 0 Å². The van der Waals surface area contributed by atoms with E-state index in [0.717, 1.165) is 45.2 Å². The van der Waals surface area contributed by atoms with Crippen molar-refractivity contribution in [3.8, 4) is 0 Å². The fourth-order valence-electron chi connectivity index (χ4n) is 3.64. The molecule has 2 atom stereocenters. The molecule has 120 valence electrons. The summed E-state index contributed by atoms with van der Waals surface area (Å²) in [4.78, 5) is 26.6. The van der Waals surface area contributed by atoms with E-state index in [2.05, 4.69) is 24.1 Å². The van der Waals surface area contributed by atoms with Gasteiger partial charge in [-0.2, -0.15) is 0 Å². The van der Waals surface area contributed by atoms with Gasteiger partial charge in [-0.3, -0.25) is 14.5 Å². The van der Waals surface area contributed by atoms with Gasteiger partial charge in [0.05, 0.1) is 6.54 Å². The van der Waals surface area contributed by atoms with Crippen LogP contribution >= 0.6 is 0 Å². The minimum atomic E-state index is 0.110. The van der Waals surface area contributed by atoms with Crippen LogP contribution in [0.2, 0.25) is 0 Å². The van der Waals surface area contributed by atoms with E-state index in [9.17, 15) is 9.59 Å². The van der Waals surface area contributed by atoms with Crippen molar-refractivity contribution in [3.05, 3.63) is 0 Å². The van der Waals surface area contributed by atoms with Gasteiger partial charge in [0.15, 0.2) is 0 Å². The molecule has 21 heavy (non-hydrogen) atoms. The van der Waals surface area contributed by atoms with E-state index in [1.54, 1.807) is 0 Å². The number of hydrogen-bond acceptors (Lipinski definition) is 3. The fourth-order valence-corrected chi connectivity index (χ4v) is 3.64. The largest absolute Gasteiger partial charge is 0.355 e. The second-order valence-corrected chi connectivity index (χ2v) is 7.05. The lowest BCUT2D eigenvalue weighted by Crippen LogP contribution is -2.51. The molecule has 0 aromatic carbocycles. The van der Waals surface area contributed by atoms with Crippen LogP contribution < -0.4 is 5.32 Å². The van der Waals surface area contributed by atoms with Crippen LogP contribution in [0, 0.1) is 11.8 Å². The van der Waals surface area contributed by atoms with Crippen molar-refractivity contribution in [2.24, 2.45) is 11.8 Å². The molecule has 2 rings (SSSR count). The molecule has 0 bridgehead atoms. The maximum Gasteiger partial charge on any atom is 0.234 e. The smallest absolute Gasteiger partial charge is 0.234 e. The van der Waals surface area contributed by atoms with Crippen molar-refractivity contribution in [3.63, 3.8) is 0 Å². The SMILES string of the molecule is CC(C)CNC(=O)CN1CCCCC1C1CCCCC1=O. The summed E-state index contributed by atoms with van der Waals surface area (Å²) in [6.45, 7) is 6.36. The zero-order valence-corrected chi connectivity index (χ0v) is 13.6. The summed E-state index contributed by atoms with van der Waals surface area (Å²) < 4.78 is 0. The van der Waals surface area contributed by atoms with Crippen LogP contribution in [0.1, 0.15) is 58.8 Å². The molecule has 2 fully saturated rings. The van der Waals surface area contributed by atoms with Crippen LogP contribution in [-0.2, 0) is 9.59 Å². The third-order valence-corrected chi connectivity index (χ3v) is 4.78. The van der Waals surface area contributed by atoms with Crippen LogP contribution in [0.4, 0.5) is 0 Å². The number of hydrogen-bond donors (Lipinski definition) is 1. The summed E-state index contributed by atoms with van der Waals surface area (Å²) in [6.07, 6.45) is 7.40. The normalized spacial score (nSPS) is 27.9. The summed E-state index contributed by atoms with van der Waals surface area (Å²) in [5.41, 5.74) is 0. The molecule has 4 nitrogen and oxygen atoms in total. The highest BCUT2D eigenvalue weighted by Crippen LogP contribution is 2.31. The van der Waals surface area contributed by atoms with Crippen LogP contribution in [0.25, 0.3) is 0 Å². The van der Waals surface area contributed by atoms with Gasteiger partial charge in [0.1, 0.15) is 5.78 Å². The first-order valence-corrected chi connectivity index (χ1v) is 8.61. The van der Waals surface area contributed by atoms with Crippen molar-refractivity contribution < 1.29 is 9.59 Å². The van der Waals surface area contributed by atoms with E-state index >= 15 is 0 Å². The Morgan fingerprint density at radius 2 is 2.00 bits per heavy atom. The van der Waals surface area contributed by atoms with E-state index in [1.165, 1.54) is 12.8 Å². The molecule has 0 radical (unpaired) electrons. The highest BCUT2D eigenvalue weighted by molar-refractivity contribution is 5.82. The Bertz CT molecular complexity index is 368. The average Bonchev–Trinajstić information content (AvgIpc) is 2.46. The Morgan fingerprint density at radius 3 is 2.71 bits per heavy atom. The molecule has 1 aliphatic carbocycles. The number of nitrogens with one attached hydrogen (secondary N) is 1. The molecule has 0 aromatic rings. The minimum absolute atomic E-state index is 0.110. The van der Waals surface area contributed by atoms with Crippen molar-refractivity contribution in [1.82, 2.24) is 10.2 Å². The summed E-state index contributed by atoms with van der Waals surface area (Å²) in [5.74, 6) is 1.20. The zero-order chi connectivity index (χ0) is 15.2.